The molecule has 0 aliphatic carbocycles. The first kappa shape index (κ1) is 17.0. The summed E-state index contributed by atoms with van der Waals surface area (Å²) in [7, 11) is 1.72. The number of aryl methyl sites for hydroxylation is 1. The molecule has 2 N–H and O–H groups in total. The first-order valence-corrected chi connectivity index (χ1v) is 7.03. The fourth-order valence-corrected chi connectivity index (χ4v) is 2.84. The van der Waals surface area contributed by atoms with Crippen LogP contribution in [0.1, 0.15) is 22.0 Å². The molecule has 2 aromatic rings. The van der Waals surface area contributed by atoms with E-state index in [1.54, 1.807) is 24.6 Å². The van der Waals surface area contributed by atoms with E-state index in [-0.39, 0.29) is 17.0 Å². The molecule has 0 atom stereocenters. The van der Waals surface area contributed by atoms with E-state index in [0.717, 1.165) is 18.6 Å². The average Bonchev–Trinajstić information content (AvgIpc) is 2.72. The van der Waals surface area contributed by atoms with Crippen molar-refractivity contribution in [3.63, 3.8) is 0 Å². The van der Waals surface area contributed by atoms with Crippen LogP contribution in [0.5, 0.6) is 0 Å². The summed E-state index contributed by atoms with van der Waals surface area (Å²) in [6.07, 6.45) is 2.75. The van der Waals surface area contributed by atoms with Crippen LogP contribution in [0.3, 0.4) is 0 Å². The van der Waals surface area contributed by atoms with Crippen molar-refractivity contribution < 1.29 is 26.3 Å². The van der Waals surface area contributed by atoms with Crippen LogP contribution in [-0.4, -0.2) is 23.7 Å². The number of nitrogen functional groups attached to an aromatic ring is 1. The van der Waals surface area contributed by atoms with Gasteiger partial charge >= 0.3 is 0 Å². The van der Waals surface area contributed by atoms with Crippen LogP contribution in [0, 0.1) is 13.8 Å². The molecule has 110 valence electrons. The van der Waals surface area contributed by atoms with Crippen LogP contribution in [-0.2, 0) is 17.7 Å². The summed E-state index contributed by atoms with van der Waals surface area (Å²) < 4.78 is 7.30. The van der Waals surface area contributed by atoms with E-state index in [2.05, 4.69) is 27.0 Å². The molecule has 2 heterocycles. The maximum Gasteiger partial charge on any atom is 0.225 e. The molecule has 0 fully saturated rings. The van der Waals surface area contributed by atoms with Crippen molar-refractivity contribution in [2.45, 2.75) is 26.8 Å². The van der Waals surface area contributed by atoms with Crippen molar-refractivity contribution in [1.82, 2.24) is 9.97 Å². The lowest BCUT2D eigenvalue weighted by Crippen LogP contribution is -3.00. The van der Waals surface area contributed by atoms with Crippen LogP contribution < -0.4 is 27.3 Å². The summed E-state index contributed by atoms with van der Waals surface area (Å²) in [5, 5.41) is 0. The highest BCUT2D eigenvalue weighted by Crippen LogP contribution is 2.14. The lowest BCUT2D eigenvalue weighted by atomic mass is 10.2. The second-order valence-corrected chi connectivity index (χ2v) is 5.37. The molecule has 0 spiro atoms. The number of hydrogen-bond acceptors (Lipinski definition) is 5. The minimum Gasteiger partial charge on any atom is -1.00 e. The SMILES string of the molecule is COCCc1sc[n+](Cc2cnc(C)nc2N)c1C.[Br-]. The molecular formula is C13H19BrN4OS. The van der Waals surface area contributed by atoms with Crippen LogP contribution in [0.15, 0.2) is 11.7 Å². The molecule has 0 aliphatic rings. The second-order valence-electron chi connectivity index (χ2n) is 4.43. The molecule has 2 rings (SSSR count). The lowest BCUT2D eigenvalue weighted by Gasteiger charge is -2.02. The van der Waals surface area contributed by atoms with Gasteiger partial charge in [0.1, 0.15) is 11.6 Å². The third-order valence-electron chi connectivity index (χ3n) is 3.05. The topological polar surface area (TPSA) is 64.9 Å². The third kappa shape index (κ3) is 3.97. The van der Waals surface area contributed by atoms with Gasteiger partial charge in [-0.05, 0) is 6.92 Å². The Morgan fingerprint density at radius 1 is 1.40 bits per heavy atom. The van der Waals surface area contributed by atoms with Gasteiger partial charge in [-0.3, -0.25) is 0 Å². The molecule has 20 heavy (non-hydrogen) atoms. The number of nitrogens with two attached hydrogens (primary N) is 1. The lowest BCUT2D eigenvalue weighted by molar-refractivity contribution is -0.689. The number of hydrogen-bond donors (Lipinski definition) is 1. The summed E-state index contributed by atoms with van der Waals surface area (Å²) in [5.41, 5.74) is 10.2. The maximum absolute atomic E-state index is 5.93. The summed E-state index contributed by atoms with van der Waals surface area (Å²) in [5.74, 6) is 1.26. The Hall–Kier alpha value is -1.05. The van der Waals surface area contributed by atoms with Crippen molar-refractivity contribution in [3.05, 3.63) is 33.7 Å². The van der Waals surface area contributed by atoms with Crippen LogP contribution in [0.4, 0.5) is 5.82 Å². The van der Waals surface area contributed by atoms with E-state index in [1.165, 1.54) is 10.6 Å². The number of aromatic nitrogens is 3. The number of methoxy groups -OCH3 is 1. The van der Waals surface area contributed by atoms with Gasteiger partial charge in [0.2, 0.25) is 5.51 Å². The molecule has 0 aliphatic heterocycles. The van der Waals surface area contributed by atoms with Gasteiger partial charge in [-0.15, -0.1) is 0 Å². The van der Waals surface area contributed by atoms with Crippen molar-refractivity contribution in [3.8, 4) is 0 Å². The number of nitrogens with zero attached hydrogens (tertiary/aromatic N) is 3. The predicted octanol–water partition coefficient (Wildman–Crippen LogP) is -1.73. The number of rotatable bonds is 5. The minimum atomic E-state index is 0. The standard InChI is InChI=1S/C13H19N4OS.BrH/c1-9-12(4-5-18-3)19-8-17(9)7-11-6-15-10(2)16-13(11)14;/h6,8H,4-5,7H2,1-3H3,(H2,14,15,16);1H/q+1;/p-1. The molecule has 0 amide bonds. The van der Waals surface area contributed by atoms with Crippen molar-refractivity contribution in [2.24, 2.45) is 0 Å². The Bertz CT molecular complexity index is 573. The Labute approximate surface area is 133 Å². The Balaban J connectivity index is 0.00000200. The van der Waals surface area contributed by atoms with Gasteiger partial charge in [0, 0.05) is 26.7 Å². The maximum atomic E-state index is 5.93. The van der Waals surface area contributed by atoms with Gasteiger partial charge < -0.3 is 27.5 Å². The molecule has 0 bridgehead atoms. The molecule has 2 aromatic heterocycles. The van der Waals surface area contributed by atoms with E-state index in [0.29, 0.717) is 18.2 Å². The Morgan fingerprint density at radius 2 is 2.15 bits per heavy atom. The summed E-state index contributed by atoms with van der Waals surface area (Å²) in [4.78, 5) is 9.73. The third-order valence-corrected chi connectivity index (χ3v) is 4.19. The number of ether oxygens (including phenoxy) is 1. The molecule has 7 heteroatoms. The van der Waals surface area contributed by atoms with Gasteiger partial charge in [-0.25, -0.2) is 9.97 Å². The first-order valence-electron chi connectivity index (χ1n) is 6.15. The van der Waals surface area contributed by atoms with E-state index >= 15 is 0 Å². The monoisotopic (exact) mass is 358 g/mol. The van der Waals surface area contributed by atoms with E-state index in [4.69, 9.17) is 10.5 Å². The van der Waals surface area contributed by atoms with Crippen LogP contribution in [0.25, 0.3) is 0 Å². The zero-order valence-corrected chi connectivity index (χ0v) is 14.3. The van der Waals surface area contributed by atoms with Gasteiger partial charge in [-0.1, -0.05) is 11.3 Å². The Kier molecular flexibility index (Phi) is 6.51. The Morgan fingerprint density at radius 3 is 2.80 bits per heavy atom. The number of halogens is 1. The second kappa shape index (κ2) is 7.66. The molecule has 0 unspecified atom stereocenters. The molecule has 5 nitrogen and oxygen atoms in total. The van der Waals surface area contributed by atoms with E-state index in [1.807, 2.05) is 6.92 Å². The predicted molar refractivity (Wildman–Crippen MR) is 75.1 cm³/mol. The molecule has 0 saturated heterocycles. The molecule has 0 saturated carbocycles. The summed E-state index contributed by atoms with van der Waals surface area (Å²) in [6, 6.07) is 0. The van der Waals surface area contributed by atoms with Crippen molar-refractivity contribution in [1.29, 1.82) is 0 Å². The highest BCUT2D eigenvalue weighted by molar-refractivity contribution is 7.09. The number of anilines is 1. The normalized spacial score (nSPS) is 10.3. The minimum absolute atomic E-state index is 0. The van der Waals surface area contributed by atoms with Gasteiger partial charge in [0.15, 0.2) is 12.2 Å². The highest BCUT2D eigenvalue weighted by atomic mass is 79.9. The summed E-state index contributed by atoms with van der Waals surface area (Å²) >= 11 is 1.75. The zero-order valence-electron chi connectivity index (χ0n) is 11.9. The molecular weight excluding hydrogens is 340 g/mol. The van der Waals surface area contributed by atoms with E-state index < -0.39 is 0 Å². The van der Waals surface area contributed by atoms with Crippen LogP contribution >= 0.6 is 11.3 Å². The smallest absolute Gasteiger partial charge is 0.225 e. The van der Waals surface area contributed by atoms with E-state index in [9.17, 15) is 0 Å². The van der Waals surface area contributed by atoms with Crippen molar-refractivity contribution in [2.75, 3.05) is 19.5 Å². The largest absolute Gasteiger partial charge is 1.00 e. The van der Waals surface area contributed by atoms with Crippen LogP contribution in [0.2, 0.25) is 0 Å². The first-order chi connectivity index (χ1) is 9.11. The fraction of sp³-hybridized carbons (Fsp3) is 0.462. The zero-order chi connectivity index (χ0) is 13.8. The van der Waals surface area contributed by atoms with Crippen molar-refractivity contribution >= 4 is 17.2 Å². The van der Waals surface area contributed by atoms with Gasteiger partial charge in [-0.2, -0.15) is 4.57 Å². The van der Waals surface area contributed by atoms with Gasteiger partial charge in [0.25, 0.3) is 0 Å². The number of thiazole rings is 1. The fourth-order valence-electron chi connectivity index (χ4n) is 1.86. The van der Waals surface area contributed by atoms with Gasteiger partial charge in [0.05, 0.1) is 17.0 Å². The quantitative estimate of drug-likeness (QED) is 0.645. The molecule has 0 radical (unpaired) electrons. The average molecular weight is 359 g/mol. The summed E-state index contributed by atoms with van der Waals surface area (Å²) in [6.45, 7) is 5.41. The molecule has 0 aromatic carbocycles. The highest BCUT2D eigenvalue weighted by Gasteiger charge is 2.17.